The number of carbonyl (C=O) groups is 3. The monoisotopic (exact) mass is 410 g/mol. The fourth-order valence-corrected chi connectivity index (χ4v) is 3.67. The second-order valence-electron chi connectivity index (χ2n) is 7.55. The highest BCUT2D eigenvalue weighted by atomic mass is 16.6. The van der Waals surface area contributed by atoms with Gasteiger partial charge in [-0.05, 0) is 36.1 Å². The van der Waals surface area contributed by atoms with Crippen molar-refractivity contribution in [1.29, 1.82) is 0 Å². The van der Waals surface area contributed by atoms with Crippen molar-refractivity contribution in [3.63, 3.8) is 0 Å². The molecule has 3 rings (SSSR count). The molecule has 0 saturated carbocycles. The minimum atomic E-state index is -1.11. The molecule has 7 nitrogen and oxygen atoms in total. The Hall–Kier alpha value is -3.35. The van der Waals surface area contributed by atoms with Crippen molar-refractivity contribution in [1.82, 2.24) is 9.80 Å². The van der Waals surface area contributed by atoms with E-state index in [1.807, 2.05) is 36.4 Å². The second-order valence-corrected chi connectivity index (χ2v) is 7.55. The number of nitrogens with zero attached hydrogens (tertiary/aromatic N) is 2. The van der Waals surface area contributed by atoms with E-state index in [0.717, 1.165) is 27.2 Å². The summed E-state index contributed by atoms with van der Waals surface area (Å²) in [5, 5.41) is 9.10. The third-order valence-corrected chi connectivity index (χ3v) is 5.85. The molecule has 0 unspecified atom stereocenters. The van der Waals surface area contributed by atoms with Crippen molar-refractivity contribution in [3.8, 4) is 11.1 Å². The number of likely N-dealkylation sites (N-methyl/N-ethyl adjacent to an activating group) is 2. The molecule has 2 aromatic carbocycles. The van der Waals surface area contributed by atoms with E-state index in [1.165, 1.54) is 25.9 Å². The summed E-state index contributed by atoms with van der Waals surface area (Å²) in [5.41, 5.74) is 4.48. The first kappa shape index (κ1) is 21.4. The van der Waals surface area contributed by atoms with Crippen LogP contribution in [0.5, 0.6) is 0 Å². The topological polar surface area (TPSA) is 87.2 Å². The number of rotatable bonds is 6. The van der Waals surface area contributed by atoms with Crippen molar-refractivity contribution in [3.05, 3.63) is 59.7 Å². The average molecular weight is 410 g/mol. The summed E-state index contributed by atoms with van der Waals surface area (Å²) >= 11 is 0. The number of fused-ring (bicyclic) bond motifs is 3. The number of carboxylic acid groups (broad SMARTS) is 1. The fourth-order valence-electron chi connectivity index (χ4n) is 3.67. The minimum absolute atomic E-state index is 0.0736. The summed E-state index contributed by atoms with van der Waals surface area (Å²) in [5.74, 6) is -1.65. The summed E-state index contributed by atoms with van der Waals surface area (Å²) < 4.78 is 5.56. The number of amides is 2. The molecule has 7 heteroatoms. The Morgan fingerprint density at radius 1 is 0.900 bits per heavy atom. The number of aliphatic carboxylic acids is 1. The largest absolute Gasteiger partial charge is 0.480 e. The summed E-state index contributed by atoms with van der Waals surface area (Å²) in [6.07, 6.45) is -0.630. The summed E-state index contributed by atoms with van der Waals surface area (Å²) in [6, 6.07) is 14.2. The number of carbonyl (C=O) groups excluding carboxylic acids is 2. The lowest BCUT2D eigenvalue weighted by molar-refractivity contribution is -0.149. The molecule has 2 atom stereocenters. The summed E-state index contributed by atoms with van der Waals surface area (Å²) in [4.78, 5) is 38.6. The van der Waals surface area contributed by atoms with Crippen LogP contribution in [0.3, 0.4) is 0 Å². The van der Waals surface area contributed by atoms with Gasteiger partial charge in [0.15, 0.2) is 0 Å². The van der Waals surface area contributed by atoms with Gasteiger partial charge in [0.1, 0.15) is 18.7 Å². The lowest BCUT2D eigenvalue weighted by atomic mass is 9.98. The van der Waals surface area contributed by atoms with E-state index in [2.05, 4.69) is 12.1 Å². The van der Waals surface area contributed by atoms with Crippen LogP contribution in [0.1, 0.15) is 30.9 Å². The molecule has 0 aliphatic heterocycles. The Bertz CT molecular complexity index is 928. The number of carboxylic acids is 1. The number of ether oxygens (including phenoxy) is 1. The normalized spacial score (nSPS) is 14.3. The smallest absolute Gasteiger partial charge is 0.410 e. The average Bonchev–Trinajstić information content (AvgIpc) is 3.08. The molecular weight excluding hydrogens is 384 g/mol. The first-order chi connectivity index (χ1) is 14.2. The molecule has 0 heterocycles. The highest BCUT2D eigenvalue weighted by Crippen LogP contribution is 2.44. The van der Waals surface area contributed by atoms with Gasteiger partial charge in [-0.1, -0.05) is 48.5 Å². The van der Waals surface area contributed by atoms with Crippen molar-refractivity contribution in [2.75, 3.05) is 20.7 Å². The van der Waals surface area contributed by atoms with E-state index in [9.17, 15) is 14.4 Å². The Morgan fingerprint density at radius 3 is 1.90 bits per heavy atom. The number of hydrogen-bond donors (Lipinski definition) is 1. The van der Waals surface area contributed by atoms with Crippen LogP contribution in [0, 0.1) is 0 Å². The van der Waals surface area contributed by atoms with Crippen LogP contribution < -0.4 is 0 Å². The molecule has 1 aliphatic rings. The zero-order chi connectivity index (χ0) is 22.0. The van der Waals surface area contributed by atoms with Crippen LogP contribution in [0.25, 0.3) is 11.1 Å². The van der Waals surface area contributed by atoms with Crippen molar-refractivity contribution >= 4 is 18.0 Å². The molecule has 2 amide bonds. The molecule has 158 valence electrons. The molecule has 0 spiro atoms. The number of benzene rings is 2. The first-order valence-corrected chi connectivity index (χ1v) is 9.81. The van der Waals surface area contributed by atoms with Gasteiger partial charge in [-0.25, -0.2) is 9.59 Å². The molecule has 0 bridgehead atoms. The van der Waals surface area contributed by atoms with E-state index in [4.69, 9.17) is 9.84 Å². The SMILES string of the molecule is C[C@@H](C(=O)N(C)[C@@H](C)C(=O)O)N(C)C(=O)OCC1c2ccccc2-c2ccccc21. The van der Waals surface area contributed by atoms with Gasteiger partial charge in [0.05, 0.1) is 0 Å². The third kappa shape index (κ3) is 3.87. The van der Waals surface area contributed by atoms with Gasteiger partial charge in [-0.3, -0.25) is 9.69 Å². The van der Waals surface area contributed by atoms with Gasteiger partial charge in [0.2, 0.25) is 5.91 Å². The molecule has 1 N–H and O–H groups in total. The molecule has 0 saturated heterocycles. The Morgan fingerprint density at radius 2 is 1.40 bits per heavy atom. The van der Waals surface area contributed by atoms with E-state index >= 15 is 0 Å². The van der Waals surface area contributed by atoms with E-state index in [1.54, 1.807) is 6.92 Å². The highest BCUT2D eigenvalue weighted by molar-refractivity contribution is 5.88. The van der Waals surface area contributed by atoms with Gasteiger partial charge in [0.25, 0.3) is 0 Å². The quantitative estimate of drug-likeness (QED) is 0.790. The maximum atomic E-state index is 12.6. The second kappa shape index (κ2) is 8.57. The summed E-state index contributed by atoms with van der Waals surface area (Å²) in [7, 11) is 2.88. The van der Waals surface area contributed by atoms with Crippen molar-refractivity contribution < 1.29 is 24.2 Å². The zero-order valence-electron chi connectivity index (χ0n) is 17.5. The van der Waals surface area contributed by atoms with E-state index in [0.29, 0.717) is 0 Å². The van der Waals surface area contributed by atoms with Gasteiger partial charge < -0.3 is 14.7 Å². The van der Waals surface area contributed by atoms with Gasteiger partial charge in [0, 0.05) is 20.0 Å². The van der Waals surface area contributed by atoms with E-state index in [-0.39, 0.29) is 12.5 Å². The van der Waals surface area contributed by atoms with Crippen LogP contribution >= 0.6 is 0 Å². The Balaban J connectivity index is 1.68. The molecular formula is C23H26N2O5. The minimum Gasteiger partial charge on any atom is -0.480 e. The van der Waals surface area contributed by atoms with Gasteiger partial charge >= 0.3 is 12.1 Å². The highest BCUT2D eigenvalue weighted by Gasteiger charge is 2.32. The fraction of sp³-hybridized carbons (Fsp3) is 0.348. The Labute approximate surface area is 175 Å². The van der Waals surface area contributed by atoms with Crippen LogP contribution in [-0.2, 0) is 14.3 Å². The predicted molar refractivity (Wildman–Crippen MR) is 112 cm³/mol. The standard InChI is InChI=1S/C23H26N2O5/c1-14(21(26)24(3)15(2)22(27)28)25(4)23(29)30-13-20-18-11-7-5-9-16(18)17-10-6-8-12-19(17)20/h5-12,14-15,20H,13H2,1-4H3,(H,27,28)/t14-,15-/m0/s1. The molecule has 30 heavy (non-hydrogen) atoms. The van der Waals surface area contributed by atoms with Gasteiger partial charge in [-0.2, -0.15) is 0 Å². The molecule has 2 aromatic rings. The third-order valence-electron chi connectivity index (χ3n) is 5.85. The predicted octanol–water partition coefficient (Wildman–Crippen LogP) is 3.19. The van der Waals surface area contributed by atoms with Crippen molar-refractivity contribution in [2.24, 2.45) is 0 Å². The van der Waals surface area contributed by atoms with E-state index < -0.39 is 30.1 Å². The number of hydrogen-bond acceptors (Lipinski definition) is 4. The molecule has 1 aliphatic carbocycles. The maximum Gasteiger partial charge on any atom is 0.410 e. The zero-order valence-corrected chi connectivity index (χ0v) is 17.5. The first-order valence-electron chi connectivity index (χ1n) is 9.81. The maximum absolute atomic E-state index is 12.6. The molecule has 0 fully saturated rings. The van der Waals surface area contributed by atoms with Crippen LogP contribution in [0.4, 0.5) is 4.79 Å². The van der Waals surface area contributed by atoms with Crippen molar-refractivity contribution in [2.45, 2.75) is 31.8 Å². The summed E-state index contributed by atoms with van der Waals surface area (Å²) in [6.45, 7) is 3.12. The van der Waals surface area contributed by atoms with Gasteiger partial charge in [-0.15, -0.1) is 0 Å². The van der Waals surface area contributed by atoms with Crippen LogP contribution in [0.2, 0.25) is 0 Å². The van der Waals surface area contributed by atoms with Crippen LogP contribution in [-0.4, -0.2) is 65.7 Å². The Kier molecular flexibility index (Phi) is 6.10. The molecule has 0 aromatic heterocycles. The lowest BCUT2D eigenvalue weighted by Crippen LogP contribution is -2.50. The van der Waals surface area contributed by atoms with Crippen LogP contribution in [0.15, 0.2) is 48.5 Å². The lowest BCUT2D eigenvalue weighted by Gasteiger charge is -2.30. The molecule has 0 radical (unpaired) electrons.